The molecule has 1 N–H and O–H groups in total. The van der Waals surface area contributed by atoms with Gasteiger partial charge >= 0.3 is 6.18 Å². The molecule has 1 amide bonds. The van der Waals surface area contributed by atoms with E-state index in [1.165, 1.54) is 23.3 Å². The fourth-order valence-electron chi connectivity index (χ4n) is 5.34. The molecule has 152 valence electrons. The SMILES string of the molecule is C[C@H]1C2c3ccccc3C(c3ccccc32)[C@H]1C(=O)Nc1cccc(C(F)(F)F)c1. The van der Waals surface area contributed by atoms with E-state index in [1.54, 1.807) is 0 Å². The minimum absolute atomic E-state index is 0.0330. The monoisotopic (exact) mass is 407 g/mol. The van der Waals surface area contributed by atoms with Gasteiger partial charge in [0.1, 0.15) is 0 Å². The number of carbonyl (C=O) groups is 1. The lowest BCUT2D eigenvalue weighted by atomic mass is 9.54. The smallest absolute Gasteiger partial charge is 0.326 e. The number of rotatable bonds is 2. The molecule has 3 aliphatic carbocycles. The topological polar surface area (TPSA) is 29.1 Å². The van der Waals surface area contributed by atoms with Crippen LogP contribution in [0.3, 0.4) is 0 Å². The molecule has 3 aromatic rings. The number of hydrogen-bond acceptors (Lipinski definition) is 1. The zero-order chi connectivity index (χ0) is 21.0. The number of benzene rings is 3. The van der Waals surface area contributed by atoms with E-state index in [-0.39, 0.29) is 35.3 Å². The van der Waals surface area contributed by atoms with Crippen molar-refractivity contribution in [3.63, 3.8) is 0 Å². The molecule has 0 heterocycles. The summed E-state index contributed by atoms with van der Waals surface area (Å²) in [6.07, 6.45) is -4.45. The maximum Gasteiger partial charge on any atom is 0.416 e. The molecule has 0 unspecified atom stereocenters. The van der Waals surface area contributed by atoms with Crippen LogP contribution in [-0.2, 0) is 11.0 Å². The number of anilines is 1. The summed E-state index contributed by atoms with van der Waals surface area (Å²) in [6.45, 7) is 2.07. The first-order valence-corrected chi connectivity index (χ1v) is 10.0. The minimum Gasteiger partial charge on any atom is -0.326 e. The van der Waals surface area contributed by atoms with Crippen molar-refractivity contribution in [3.05, 3.63) is 101 Å². The number of alkyl halides is 3. The van der Waals surface area contributed by atoms with E-state index in [0.29, 0.717) is 0 Å². The second-order valence-corrected chi connectivity index (χ2v) is 8.17. The van der Waals surface area contributed by atoms with Gasteiger partial charge in [-0.3, -0.25) is 4.79 Å². The predicted molar refractivity (Wildman–Crippen MR) is 109 cm³/mol. The highest BCUT2D eigenvalue weighted by Gasteiger charge is 2.50. The van der Waals surface area contributed by atoms with Crippen LogP contribution in [0.5, 0.6) is 0 Å². The Morgan fingerprint density at radius 3 is 1.87 bits per heavy atom. The molecular formula is C25H20F3NO. The number of fused-ring (bicyclic) bond motifs is 1. The van der Waals surface area contributed by atoms with E-state index in [1.807, 2.05) is 24.3 Å². The molecule has 0 aliphatic heterocycles. The van der Waals surface area contributed by atoms with Gasteiger partial charge in [0, 0.05) is 17.5 Å². The Hall–Kier alpha value is -3.08. The highest BCUT2D eigenvalue weighted by molar-refractivity contribution is 5.95. The number of halogens is 3. The Labute approximate surface area is 172 Å². The Bertz CT molecular complexity index is 1090. The van der Waals surface area contributed by atoms with Gasteiger partial charge in [0.05, 0.1) is 11.5 Å². The van der Waals surface area contributed by atoms with Gasteiger partial charge in [-0.15, -0.1) is 0 Å². The van der Waals surface area contributed by atoms with E-state index < -0.39 is 11.7 Å². The van der Waals surface area contributed by atoms with Crippen molar-refractivity contribution in [1.82, 2.24) is 0 Å². The molecule has 6 rings (SSSR count). The van der Waals surface area contributed by atoms with E-state index >= 15 is 0 Å². The van der Waals surface area contributed by atoms with Gasteiger partial charge in [-0.2, -0.15) is 13.2 Å². The van der Waals surface area contributed by atoms with Crippen molar-refractivity contribution < 1.29 is 18.0 Å². The van der Waals surface area contributed by atoms with Crippen LogP contribution < -0.4 is 5.32 Å². The van der Waals surface area contributed by atoms with Gasteiger partial charge in [0.2, 0.25) is 5.91 Å². The second-order valence-electron chi connectivity index (χ2n) is 8.17. The van der Waals surface area contributed by atoms with Gasteiger partial charge in [0.25, 0.3) is 0 Å². The molecule has 0 spiro atoms. The lowest BCUT2D eigenvalue weighted by Crippen LogP contribution is -2.44. The van der Waals surface area contributed by atoms with Gasteiger partial charge in [-0.25, -0.2) is 0 Å². The number of hydrogen-bond donors (Lipinski definition) is 1. The molecule has 0 aromatic heterocycles. The van der Waals surface area contributed by atoms with Crippen LogP contribution in [0.4, 0.5) is 18.9 Å². The summed E-state index contributed by atoms with van der Waals surface area (Å²) in [5.41, 5.74) is 4.18. The zero-order valence-electron chi connectivity index (χ0n) is 16.3. The molecule has 3 aromatic carbocycles. The molecule has 5 heteroatoms. The van der Waals surface area contributed by atoms with E-state index in [0.717, 1.165) is 23.3 Å². The number of carbonyl (C=O) groups excluding carboxylic acids is 1. The highest BCUT2D eigenvalue weighted by atomic mass is 19.4. The van der Waals surface area contributed by atoms with Gasteiger partial charge in [0.15, 0.2) is 0 Å². The molecule has 3 aliphatic rings. The number of amides is 1. The lowest BCUT2D eigenvalue weighted by molar-refractivity contribution is -0.137. The first kappa shape index (κ1) is 18.9. The van der Waals surface area contributed by atoms with Crippen LogP contribution in [0.15, 0.2) is 72.8 Å². The summed E-state index contributed by atoms with van der Waals surface area (Å²) in [6, 6.07) is 21.2. The average Bonchev–Trinajstić information content (AvgIpc) is 2.73. The fourth-order valence-corrected chi connectivity index (χ4v) is 5.34. The Morgan fingerprint density at radius 2 is 1.33 bits per heavy atom. The largest absolute Gasteiger partial charge is 0.416 e. The average molecular weight is 407 g/mol. The molecule has 0 saturated carbocycles. The summed E-state index contributed by atoms with van der Waals surface area (Å²) in [5.74, 6) is -0.566. The van der Waals surface area contributed by atoms with Gasteiger partial charge < -0.3 is 5.32 Å². The van der Waals surface area contributed by atoms with E-state index in [2.05, 4.69) is 36.5 Å². The summed E-state index contributed by atoms with van der Waals surface area (Å²) >= 11 is 0. The van der Waals surface area contributed by atoms with E-state index in [9.17, 15) is 18.0 Å². The minimum atomic E-state index is -4.45. The molecule has 0 fully saturated rings. The Morgan fingerprint density at radius 1 is 0.800 bits per heavy atom. The second kappa shape index (κ2) is 6.73. The van der Waals surface area contributed by atoms with Crippen LogP contribution in [0, 0.1) is 11.8 Å². The Balaban J connectivity index is 1.54. The van der Waals surface area contributed by atoms with Crippen molar-refractivity contribution >= 4 is 11.6 Å². The van der Waals surface area contributed by atoms with Gasteiger partial charge in [-0.05, 0) is 46.4 Å². The van der Waals surface area contributed by atoms with Crippen molar-refractivity contribution in [2.45, 2.75) is 24.9 Å². The van der Waals surface area contributed by atoms with E-state index in [4.69, 9.17) is 0 Å². The quantitative estimate of drug-likeness (QED) is 0.539. The maximum atomic E-state index is 13.4. The third-order valence-electron chi connectivity index (χ3n) is 6.54. The molecule has 30 heavy (non-hydrogen) atoms. The van der Waals surface area contributed by atoms with Crippen LogP contribution in [0.2, 0.25) is 0 Å². The first-order chi connectivity index (χ1) is 14.4. The summed E-state index contributed by atoms with van der Waals surface area (Å²) in [4.78, 5) is 13.4. The lowest BCUT2D eigenvalue weighted by Gasteiger charge is -2.49. The summed E-state index contributed by atoms with van der Waals surface area (Å²) in [7, 11) is 0. The van der Waals surface area contributed by atoms with Crippen LogP contribution in [-0.4, -0.2) is 5.91 Å². The third kappa shape index (κ3) is 2.83. The molecule has 2 nitrogen and oxygen atoms in total. The Kier molecular flexibility index (Phi) is 4.24. The number of nitrogens with one attached hydrogen (secondary N) is 1. The van der Waals surface area contributed by atoms with Crippen molar-refractivity contribution in [2.75, 3.05) is 5.32 Å². The summed E-state index contributed by atoms with van der Waals surface area (Å²) < 4.78 is 39.2. The predicted octanol–water partition coefficient (Wildman–Crippen LogP) is 6.19. The zero-order valence-corrected chi connectivity index (χ0v) is 16.3. The van der Waals surface area contributed by atoms with Gasteiger partial charge in [-0.1, -0.05) is 61.5 Å². The van der Waals surface area contributed by atoms with Crippen LogP contribution >= 0.6 is 0 Å². The standard InChI is InChI=1S/C25H20F3NO/c1-14-21-17-9-2-4-11-19(17)23(20-12-5-3-10-18(20)21)22(14)24(30)29-16-8-6-7-15(13-16)25(26,27)28/h2-14,21-23H,1H3,(H,29,30)/t14-,21?,22-,23?/m0/s1. The van der Waals surface area contributed by atoms with Crippen molar-refractivity contribution in [1.29, 1.82) is 0 Å². The summed E-state index contributed by atoms with van der Waals surface area (Å²) in [5, 5.41) is 2.76. The van der Waals surface area contributed by atoms with Crippen molar-refractivity contribution in [3.8, 4) is 0 Å². The highest BCUT2D eigenvalue weighted by Crippen LogP contribution is 2.58. The first-order valence-electron chi connectivity index (χ1n) is 10.0. The molecule has 2 bridgehead atoms. The molecule has 0 saturated heterocycles. The van der Waals surface area contributed by atoms with Crippen molar-refractivity contribution in [2.24, 2.45) is 11.8 Å². The molecule has 2 atom stereocenters. The maximum absolute atomic E-state index is 13.4. The van der Waals surface area contributed by atoms with Crippen LogP contribution in [0.25, 0.3) is 0 Å². The van der Waals surface area contributed by atoms with Crippen LogP contribution in [0.1, 0.15) is 46.6 Å². The molecular weight excluding hydrogens is 387 g/mol. The fraction of sp³-hybridized carbons (Fsp3) is 0.240. The third-order valence-corrected chi connectivity index (χ3v) is 6.54. The molecule has 0 radical (unpaired) electrons. The normalized spacial score (nSPS) is 24.1.